The average Bonchev–Trinajstić information content (AvgIpc) is 3.51. The molecule has 32 heavy (non-hydrogen) atoms. The predicted molar refractivity (Wildman–Crippen MR) is 121 cm³/mol. The fraction of sp³-hybridized carbons (Fsp3) is 0.458. The minimum absolute atomic E-state index is 0.0834. The van der Waals surface area contributed by atoms with E-state index in [0.717, 1.165) is 42.6 Å². The topological polar surface area (TPSA) is 79.0 Å². The number of nitrogens with zero attached hydrogens (tertiary/aromatic N) is 2. The number of hydrogen-bond donors (Lipinski definition) is 1. The van der Waals surface area contributed by atoms with Crippen LogP contribution in [-0.4, -0.2) is 49.9 Å². The number of carbonyl (C=O) groups is 1. The first-order valence-electron chi connectivity index (χ1n) is 11.2. The Labute approximate surface area is 189 Å². The first-order chi connectivity index (χ1) is 15.4. The second-order valence-corrected chi connectivity index (χ2v) is 10.8. The predicted octanol–water partition coefficient (Wildman–Crippen LogP) is 3.45. The van der Waals surface area contributed by atoms with Crippen LogP contribution in [0.4, 0.5) is 4.79 Å². The molecule has 2 fully saturated rings. The third-order valence-electron chi connectivity index (χ3n) is 7.14. The van der Waals surface area contributed by atoms with Gasteiger partial charge >= 0.3 is 6.03 Å². The van der Waals surface area contributed by atoms with Crippen molar-refractivity contribution in [2.75, 3.05) is 20.2 Å². The smallest absolute Gasteiger partial charge is 0.317 e. The number of hydrogen-bond acceptors (Lipinski definition) is 4. The van der Waals surface area contributed by atoms with Gasteiger partial charge in [-0.25, -0.2) is 13.2 Å². The summed E-state index contributed by atoms with van der Waals surface area (Å²) in [5, 5.41) is 3.15. The fourth-order valence-corrected chi connectivity index (χ4v) is 7.47. The number of sulfonamides is 1. The number of benzene rings is 2. The lowest BCUT2D eigenvalue weighted by atomic mass is 9.88. The van der Waals surface area contributed by atoms with Gasteiger partial charge in [0.05, 0.1) is 17.5 Å². The van der Waals surface area contributed by atoms with Crippen molar-refractivity contribution in [3.05, 3.63) is 59.7 Å². The maximum atomic E-state index is 13.6. The summed E-state index contributed by atoms with van der Waals surface area (Å²) < 4.78 is 34.1. The highest BCUT2D eigenvalue weighted by Gasteiger charge is 2.57. The third kappa shape index (κ3) is 3.46. The number of ether oxygens (including phenoxy) is 1. The van der Waals surface area contributed by atoms with Crippen LogP contribution in [0.5, 0.6) is 5.75 Å². The van der Waals surface area contributed by atoms with Crippen molar-refractivity contribution in [3.8, 4) is 5.75 Å². The molecule has 2 aliphatic heterocycles. The summed E-state index contributed by atoms with van der Waals surface area (Å²) in [6, 6.07) is 14.8. The van der Waals surface area contributed by atoms with E-state index in [0.29, 0.717) is 24.4 Å². The van der Waals surface area contributed by atoms with E-state index in [1.165, 1.54) is 0 Å². The molecule has 1 atom stereocenters. The van der Waals surface area contributed by atoms with Crippen molar-refractivity contribution in [1.82, 2.24) is 14.5 Å². The van der Waals surface area contributed by atoms with Crippen molar-refractivity contribution < 1.29 is 17.9 Å². The van der Waals surface area contributed by atoms with E-state index < -0.39 is 15.6 Å². The Morgan fingerprint density at radius 3 is 2.56 bits per heavy atom. The summed E-state index contributed by atoms with van der Waals surface area (Å²) in [5.41, 5.74) is 0.933. The van der Waals surface area contributed by atoms with E-state index in [1.807, 2.05) is 36.4 Å². The van der Waals surface area contributed by atoms with Crippen LogP contribution in [-0.2, 0) is 22.1 Å². The van der Waals surface area contributed by atoms with Crippen LogP contribution >= 0.6 is 0 Å². The summed E-state index contributed by atoms with van der Waals surface area (Å²) in [5.74, 6) is 0.728. The van der Waals surface area contributed by atoms with Crippen molar-refractivity contribution in [2.45, 2.75) is 55.1 Å². The molecule has 2 aromatic rings. The Morgan fingerprint density at radius 2 is 1.84 bits per heavy atom. The van der Waals surface area contributed by atoms with Crippen molar-refractivity contribution in [2.24, 2.45) is 0 Å². The Morgan fingerprint density at radius 1 is 1.12 bits per heavy atom. The molecule has 7 nitrogen and oxygen atoms in total. The molecule has 1 saturated carbocycles. The van der Waals surface area contributed by atoms with Crippen molar-refractivity contribution in [3.63, 3.8) is 0 Å². The Bertz CT molecular complexity index is 1110. The van der Waals surface area contributed by atoms with Gasteiger partial charge in [0.15, 0.2) is 0 Å². The van der Waals surface area contributed by atoms with Gasteiger partial charge in [-0.2, -0.15) is 4.31 Å². The molecule has 1 aliphatic carbocycles. The second-order valence-electron chi connectivity index (χ2n) is 8.99. The van der Waals surface area contributed by atoms with Crippen LogP contribution in [0.25, 0.3) is 0 Å². The summed E-state index contributed by atoms with van der Waals surface area (Å²) >= 11 is 0. The Kier molecular flexibility index (Phi) is 5.37. The largest absolute Gasteiger partial charge is 0.497 e. The number of urea groups is 1. The lowest BCUT2D eigenvalue weighted by Crippen LogP contribution is -2.48. The quantitative estimate of drug-likeness (QED) is 0.766. The third-order valence-corrected chi connectivity index (χ3v) is 9.11. The van der Waals surface area contributed by atoms with Gasteiger partial charge in [-0.3, -0.25) is 0 Å². The zero-order valence-electron chi connectivity index (χ0n) is 18.3. The molecule has 170 valence electrons. The van der Waals surface area contributed by atoms with Gasteiger partial charge in [-0.1, -0.05) is 43.2 Å². The molecule has 0 aromatic heterocycles. The van der Waals surface area contributed by atoms with Crippen molar-refractivity contribution >= 4 is 16.1 Å². The van der Waals surface area contributed by atoms with Gasteiger partial charge in [0, 0.05) is 25.7 Å². The van der Waals surface area contributed by atoms with Crippen LogP contribution in [0.15, 0.2) is 53.4 Å². The molecular formula is C24H29N3O4S. The van der Waals surface area contributed by atoms with E-state index in [4.69, 9.17) is 4.74 Å². The second kappa shape index (κ2) is 8.08. The molecule has 2 heterocycles. The van der Waals surface area contributed by atoms with E-state index >= 15 is 0 Å². The number of fused-ring (bicyclic) bond motifs is 2. The Hall–Kier alpha value is -2.58. The minimum atomic E-state index is -3.68. The molecule has 3 aliphatic rings. The highest BCUT2D eigenvalue weighted by molar-refractivity contribution is 7.89. The first-order valence-corrected chi connectivity index (χ1v) is 12.7. The van der Waals surface area contributed by atoms with Crippen LogP contribution in [0.2, 0.25) is 0 Å². The molecular weight excluding hydrogens is 426 g/mol. The Balaban J connectivity index is 1.47. The molecule has 0 radical (unpaired) electrons. The highest BCUT2D eigenvalue weighted by Crippen LogP contribution is 2.50. The molecule has 5 rings (SSSR count). The molecule has 1 saturated heterocycles. The lowest BCUT2D eigenvalue weighted by Gasteiger charge is -2.34. The normalized spacial score (nSPS) is 24.7. The van der Waals surface area contributed by atoms with Crippen LogP contribution in [0.3, 0.4) is 0 Å². The monoisotopic (exact) mass is 455 g/mol. The molecule has 0 bridgehead atoms. The summed E-state index contributed by atoms with van der Waals surface area (Å²) in [7, 11) is -2.07. The van der Waals surface area contributed by atoms with Gasteiger partial charge in [0.1, 0.15) is 5.75 Å². The molecule has 8 heteroatoms. The van der Waals surface area contributed by atoms with Gasteiger partial charge in [0.25, 0.3) is 0 Å². The SMILES string of the molecule is COc1ccc(CN2[C@]3(CCN(C(=O)NC4CCCC4)C3)c3ccccc3S2(=O)=O)cc1. The zero-order valence-corrected chi connectivity index (χ0v) is 19.1. The van der Waals surface area contributed by atoms with Gasteiger partial charge < -0.3 is 15.0 Å². The summed E-state index contributed by atoms with van der Waals surface area (Å²) in [6.45, 7) is 1.14. The number of rotatable bonds is 4. The molecule has 1 N–H and O–H groups in total. The maximum Gasteiger partial charge on any atom is 0.317 e. The van der Waals surface area contributed by atoms with Crippen LogP contribution in [0, 0.1) is 0 Å². The van der Waals surface area contributed by atoms with Gasteiger partial charge in [-0.15, -0.1) is 0 Å². The number of amides is 2. The summed E-state index contributed by atoms with van der Waals surface area (Å²) in [4.78, 5) is 15.1. The molecule has 2 aromatic carbocycles. The maximum absolute atomic E-state index is 13.6. The van der Waals surface area contributed by atoms with E-state index in [-0.39, 0.29) is 18.6 Å². The van der Waals surface area contributed by atoms with E-state index in [2.05, 4.69) is 5.32 Å². The lowest BCUT2D eigenvalue weighted by molar-refractivity contribution is 0.176. The summed E-state index contributed by atoms with van der Waals surface area (Å²) in [6.07, 6.45) is 4.92. The van der Waals surface area contributed by atoms with Crippen LogP contribution < -0.4 is 10.1 Å². The average molecular weight is 456 g/mol. The number of carbonyl (C=O) groups excluding carboxylic acids is 1. The van der Waals surface area contributed by atoms with E-state index in [9.17, 15) is 13.2 Å². The first kappa shape index (κ1) is 21.3. The van der Waals surface area contributed by atoms with E-state index in [1.54, 1.807) is 28.4 Å². The molecule has 1 spiro atoms. The number of methoxy groups -OCH3 is 1. The van der Waals surface area contributed by atoms with Gasteiger partial charge in [0.2, 0.25) is 10.0 Å². The van der Waals surface area contributed by atoms with Crippen molar-refractivity contribution in [1.29, 1.82) is 0 Å². The standard InChI is InChI=1S/C24H29N3O4S/c1-31-20-12-10-18(11-13-20)16-27-24(21-8-4-5-9-22(21)32(27,29)30)14-15-26(17-24)23(28)25-19-6-2-3-7-19/h4-5,8-13,19H,2-3,6-7,14-17H2,1H3,(H,25,28)/t24-/m0/s1. The minimum Gasteiger partial charge on any atom is -0.497 e. The highest BCUT2D eigenvalue weighted by atomic mass is 32.2. The molecule has 0 unspecified atom stereocenters. The van der Waals surface area contributed by atoms with Gasteiger partial charge in [-0.05, 0) is 48.6 Å². The fourth-order valence-electron chi connectivity index (χ4n) is 5.42. The number of nitrogens with one attached hydrogen (secondary N) is 1. The van der Waals surface area contributed by atoms with Crippen LogP contribution in [0.1, 0.15) is 43.2 Å². The molecule has 2 amide bonds. The zero-order chi connectivity index (χ0) is 22.3. The number of likely N-dealkylation sites (tertiary alicyclic amines) is 1.